The van der Waals surface area contributed by atoms with Crippen LogP contribution in [0.25, 0.3) is 0 Å². The summed E-state index contributed by atoms with van der Waals surface area (Å²) >= 11 is 0. The molecule has 0 aromatic carbocycles. The number of hydrogen-bond donors (Lipinski definition) is 2. The van der Waals surface area contributed by atoms with Gasteiger partial charge in [-0.1, -0.05) is 0 Å². The van der Waals surface area contributed by atoms with Gasteiger partial charge in [-0.2, -0.15) is 0 Å². The Morgan fingerprint density at radius 2 is 2.17 bits per heavy atom. The molecule has 0 aromatic heterocycles. The van der Waals surface area contributed by atoms with Crippen molar-refractivity contribution >= 4 is 18.6 Å². The third kappa shape index (κ3) is 3.70. The molecule has 0 radical (unpaired) electrons. The van der Waals surface area contributed by atoms with E-state index < -0.39 is 5.92 Å². The van der Waals surface area contributed by atoms with Crippen LogP contribution in [0.15, 0.2) is 0 Å². The molecule has 1 atom stereocenters. The molecule has 2 amide bonds. The monoisotopic (exact) mass is 172 g/mol. The minimum absolute atomic E-state index is 0.126. The first-order valence-corrected chi connectivity index (χ1v) is 3.58. The molecular weight excluding hydrogens is 160 g/mol. The molecule has 0 aromatic rings. The molecule has 0 aliphatic heterocycles. The third-order valence-electron chi connectivity index (χ3n) is 1.45. The predicted octanol–water partition coefficient (Wildman–Crippen LogP) is -1.32. The van der Waals surface area contributed by atoms with E-state index in [4.69, 9.17) is 0 Å². The predicted molar refractivity (Wildman–Crippen MR) is 42.3 cm³/mol. The lowest BCUT2D eigenvalue weighted by molar-refractivity contribution is -0.126. The van der Waals surface area contributed by atoms with Crippen molar-refractivity contribution in [2.45, 2.75) is 6.42 Å². The third-order valence-corrected chi connectivity index (χ3v) is 1.45. The van der Waals surface area contributed by atoms with Gasteiger partial charge in [-0.3, -0.25) is 9.59 Å². The van der Waals surface area contributed by atoms with E-state index >= 15 is 0 Å². The number of hydrogen-bond acceptors (Lipinski definition) is 3. The first-order chi connectivity index (χ1) is 5.76. The molecule has 0 saturated heterocycles. The number of carbonyl (C=O) groups is 3. The fourth-order valence-corrected chi connectivity index (χ4v) is 0.794. The average Bonchev–Trinajstić information content (AvgIpc) is 2.11. The molecular formula is C7H12N2O3. The van der Waals surface area contributed by atoms with Crippen molar-refractivity contribution in [3.8, 4) is 0 Å². The maximum atomic E-state index is 11.0. The SMILES string of the molecule is CNC(=O)C(CC=O)CNC=O. The number of nitrogens with one attached hydrogen (secondary N) is 2. The van der Waals surface area contributed by atoms with Gasteiger partial charge < -0.3 is 15.4 Å². The summed E-state index contributed by atoms with van der Waals surface area (Å²) in [6, 6.07) is 0. The second kappa shape index (κ2) is 6.33. The van der Waals surface area contributed by atoms with E-state index in [0.29, 0.717) is 12.7 Å². The van der Waals surface area contributed by atoms with Gasteiger partial charge in [0.2, 0.25) is 12.3 Å². The zero-order chi connectivity index (χ0) is 9.40. The Hall–Kier alpha value is -1.39. The number of carbonyl (C=O) groups excluding carboxylic acids is 3. The molecule has 0 fully saturated rings. The number of rotatable bonds is 6. The summed E-state index contributed by atoms with van der Waals surface area (Å²) in [6.07, 6.45) is 1.29. The van der Waals surface area contributed by atoms with Crippen molar-refractivity contribution in [2.24, 2.45) is 5.92 Å². The van der Waals surface area contributed by atoms with Gasteiger partial charge in [-0.15, -0.1) is 0 Å². The van der Waals surface area contributed by atoms with E-state index in [9.17, 15) is 14.4 Å². The van der Waals surface area contributed by atoms with Gasteiger partial charge in [0.05, 0.1) is 5.92 Å². The van der Waals surface area contributed by atoms with Crippen molar-refractivity contribution in [1.29, 1.82) is 0 Å². The maximum Gasteiger partial charge on any atom is 0.225 e. The van der Waals surface area contributed by atoms with E-state index in [0.717, 1.165) is 0 Å². The van der Waals surface area contributed by atoms with Crippen LogP contribution in [-0.2, 0) is 14.4 Å². The Morgan fingerprint density at radius 1 is 1.50 bits per heavy atom. The first kappa shape index (κ1) is 10.6. The Balaban J connectivity index is 3.92. The molecule has 0 aliphatic carbocycles. The molecule has 0 heterocycles. The van der Waals surface area contributed by atoms with Crippen molar-refractivity contribution in [1.82, 2.24) is 10.6 Å². The number of amides is 2. The minimum atomic E-state index is -0.460. The highest BCUT2D eigenvalue weighted by molar-refractivity contribution is 5.81. The van der Waals surface area contributed by atoms with Crippen molar-refractivity contribution in [3.05, 3.63) is 0 Å². The quantitative estimate of drug-likeness (QED) is 0.488. The van der Waals surface area contributed by atoms with Crippen molar-refractivity contribution in [3.63, 3.8) is 0 Å². The molecule has 2 N–H and O–H groups in total. The van der Waals surface area contributed by atoms with Gasteiger partial charge in [0, 0.05) is 20.0 Å². The van der Waals surface area contributed by atoms with E-state index in [1.54, 1.807) is 0 Å². The van der Waals surface area contributed by atoms with Crippen LogP contribution in [0.4, 0.5) is 0 Å². The topological polar surface area (TPSA) is 75.3 Å². The standard InChI is InChI=1S/C7H12N2O3/c1-8-7(12)6(2-3-10)4-9-5-11/h3,5-6H,2,4H2,1H3,(H,8,12)(H,9,11). The first-order valence-electron chi connectivity index (χ1n) is 3.58. The van der Waals surface area contributed by atoms with E-state index in [-0.39, 0.29) is 18.9 Å². The average molecular weight is 172 g/mol. The lowest BCUT2D eigenvalue weighted by atomic mass is 10.1. The van der Waals surface area contributed by atoms with Gasteiger partial charge >= 0.3 is 0 Å². The second-order valence-electron chi connectivity index (χ2n) is 2.24. The smallest absolute Gasteiger partial charge is 0.225 e. The molecule has 12 heavy (non-hydrogen) atoms. The molecule has 0 aliphatic rings. The molecule has 0 spiro atoms. The van der Waals surface area contributed by atoms with Gasteiger partial charge in [0.1, 0.15) is 6.29 Å². The fraction of sp³-hybridized carbons (Fsp3) is 0.571. The molecule has 0 bridgehead atoms. The summed E-state index contributed by atoms with van der Waals surface area (Å²) in [4.78, 5) is 31.0. The van der Waals surface area contributed by atoms with Crippen LogP contribution < -0.4 is 10.6 Å². The summed E-state index contributed by atoms with van der Waals surface area (Å²) in [6.45, 7) is 0.196. The van der Waals surface area contributed by atoms with Crippen LogP contribution in [-0.4, -0.2) is 32.2 Å². The normalized spacial score (nSPS) is 11.4. The zero-order valence-corrected chi connectivity index (χ0v) is 6.87. The summed E-state index contributed by atoms with van der Waals surface area (Å²) in [5.74, 6) is -0.700. The van der Waals surface area contributed by atoms with Gasteiger partial charge in [0.25, 0.3) is 0 Å². The van der Waals surface area contributed by atoms with Crippen LogP contribution in [0.3, 0.4) is 0 Å². The fourth-order valence-electron chi connectivity index (χ4n) is 0.794. The van der Waals surface area contributed by atoms with Crippen LogP contribution in [0.5, 0.6) is 0 Å². The molecule has 0 rings (SSSR count). The van der Waals surface area contributed by atoms with Crippen LogP contribution >= 0.6 is 0 Å². The van der Waals surface area contributed by atoms with Crippen LogP contribution in [0.1, 0.15) is 6.42 Å². The van der Waals surface area contributed by atoms with E-state index in [1.165, 1.54) is 7.05 Å². The molecule has 68 valence electrons. The summed E-state index contributed by atoms with van der Waals surface area (Å²) in [5, 5.41) is 4.75. The highest BCUT2D eigenvalue weighted by Crippen LogP contribution is 1.98. The molecule has 0 saturated carbocycles. The van der Waals surface area contributed by atoms with Crippen molar-refractivity contribution < 1.29 is 14.4 Å². The van der Waals surface area contributed by atoms with Crippen LogP contribution in [0.2, 0.25) is 0 Å². The van der Waals surface area contributed by atoms with Gasteiger partial charge in [0.15, 0.2) is 0 Å². The second-order valence-corrected chi connectivity index (χ2v) is 2.24. The zero-order valence-electron chi connectivity index (χ0n) is 6.87. The lowest BCUT2D eigenvalue weighted by Gasteiger charge is -2.10. The summed E-state index contributed by atoms with van der Waals surface area (Å²) in [7, 11) is 1.49. The Kier molecular flexibility index (Phi) is 5.60. The lowest BCUT2D eigenvalue weighted by Crippen LogP contribution is -2.34. The minimum Gasteiger partial charge on any atom is -0.359 e. The Bertz CT molecular complexity index is 170. The van der Waals surface area contributed by atoms with Crippen molar-refractivity contribution in [2.75, 3.05) is 13.6 Å². The number of aldehydes is 1. The Labute approximate surface area is 70.5 Å². The summed E-state index contributed by atoms with van der Waals surface area (Å²) in [5.41, 5.74) is 0. The highest BCUT2D eigenvalue weighted by atomic mass is 16.2. The Morgan fingerprint density at radius 3 is 2.58 bits per heavy atom. The van der Waals surface area contributed by atoms with E-state index in [2.05, 4.69) is 10.6 Å². The van der Waals surface area contributed by atoms with E-state index in [1.807, 2.05) is 0 Å². The molecule has 5 nitrogen and oxygen atoms in total. The largest absolute Gasteiger partial charge is 0.359 e. The molecule has 5 heteroatoms. The van der Waals surface area contributed by atoms with Gasteiger partial charge in [-0.05, 0) is 0 Å². The highest BCUT2D eigenvalue weighted by Gasteiger charge is 2.15. The summed E-state index contributed by atoms with van der Waals surface area (Å²) < 4.78 is 0. The van der Waals surface area contributed by atoms with Gasteiger partial charge in [-0.25, -0.2) is 0 Å². The van der Waals surface area contributed by atoms with Crippen LogP contribution in [0, 0.1) is 5.92 Å². The molecule has 1 unspecified atom stereocenters. The maximum absolute atomic E-state index is 11.0.